The smallest absolute Gasteiger partial charge is 0.326 e. The van der Waals surface area contributed by atoms with Crippen LogP contribution >= 0.6 is 0 Å². The lowest BCUT2D eigenvalue weighted by atomic mass is 10.0. The number of carboxylic acid groups (broad SMARTS) is 1. The number of carbonyl (C=O) groups is 4. The molecule has 2 rings (SSSR count). The number of benzene rings is 1. The number of ether oxygens (including phenoxy) is 1. The van der Waals surface area contributed by atoms with Crippen LogP contribution in [0.5, 0.6) is 0 Å². The number of amides is 1. The van der Waals surface area contributed by atoms with Crippen molar-refractivity contribution in [1.29, 1.82) is 0 Å². The Balaban J connectivity index is 2.08. The number of nitrogens with zero attached hydrogens (tertiary/aromatic N) is 1. The van der Waals surface area contributed by atoms with Crippen molar-refractivity contribution < 1.29 is 29.0 Å². The summed E-state index contributed by atoms with van der Waals surface area (Å²) in [5.41, 5.74) is 0.461. The number of ketones is 1. The van der Waals surface area contributed by atoms with Gasteiger partial charge in [-0.25, -0.2) is 4.79 Å². The van der Waals surface area contributed by atoms with E-state index in [0.717, 1.165) is 0 Å². The molecule has 8 nitrogen and oxygen atoms in total. The molecule has 3 atom stereocenters. The van der Waals surface area contributed by atoms with Crippen molar-refractivity contribution in [3.05, 3.63) is 35.9 Å². The van der Waals surface area contributed by atoms with Crippen LogP contribution in [0.15, 0.2) is 30.3 Å². The molecule has 152 valence electrons. The number of Topliss-reactive ketones (excluding diaryl/α,β-unsaturated/α-hetero) is 1. The largest absolute Gasteiger partial charge is 0.480 e. The molecule has 0 radical (unpaired) electrons. The van der Waals surface area contributed by atoms with Crippen molar-refractivity contribution in [3.63, 3.8) is 0 Å². The van der Waals surface area contributed by atoms with Gasteiger partial charge in [-0.3, -0.25) is 19.7 Å². The summed E-state index contributed by atoms with van der Waals surface area (Å²) in [6, 6.07) is 5.85. The van der Waals surface area contributed by atoms with Crippen LogP contribution in [0.2, 0.25) is 0 Å². The molecule has 1 unspecified atom stereocenters. The van der Waals surface area contributed by atoms with Gasteiger partial charge >= 0.3 is 11.9 Å². The highest BCUT2D eigenvalue weighted by atomic mass is 16.5. The first-order valence-electron chi connectivity index (χ1n) is 9.39. The average Bonchev–Trinajstić information content (AvgIpc) is 3.17. The van der Waals surface area contributed by atoms with E-state index in [9.17, 15) is 24.3 Å². The summed E-state index contributed by atoms with van der Waals surface area (Å²) in [7, 11) is 0. The minimum atomic E-state index is -1.04. The molecule has 1 aromatic rings. The van der Waals surface area contributed by atoms with Crippen molar-refractivity contribution in [2.75, 3.05) is 13.2 Å². The van der Waals surface area contributed by atoms with Crippen LogP contribution in [0.25, 0.3) is 0 Å². The Bertz CT molecular complexity index is 721. The molecular weight excluding hydrogens is 364 g/mol. The number of esters is 1. The number of hydrogen-bond donors (Lipinski definition) is 2. The number of aliphatic carboxylic acids is 1. The van der Waals surface area contributed by atoms with Gasteiger partial charge in [0.05, 0.1) is 12.6 Å². The first kappa shape index (κ1) is 21.6. The van der Waals surface area contributed by atoms with Gasteiger partial charge in [-0.1, -0.05) is 30.3 Å². The molecule has 0 saturated carbocycles. The fourth-order valence-electron chi connectivity index (χ4n) is 3.29. The highest BCUT2D eigenvalue weighted by Crippen LogP contribution is 2.19. The maximum absolute atomic E-state index is 12.7. The summed E-state index contributed by atoms with van der Waals surface area (Å²) < 4.78 is 5.03. The highest BCUT2D eigenvalue weighted by molar-refractivity contribution is 5.99. The normalized spacial score (nSPS) is 18.4. The zero-order chi connectivity index (χ0) is 20.7. The summed E-state index contributed by atoms with van der Waals surface area (Å²) in [5.74, 6) is -2.33. The van der Waals surface area contributed by atoms with Crippen molar-refractivity contribution in [1.82, 2.24) is 10.2 Å². The Kier molecular flexibility index (Phi) is 7.69. The summed E-state index contributed by atoms with van der Waals surface area (Å²) in [5, 5.41) is 12.1. The van der Waals surface area contributed by atoms with Crippen molar-refractivity contribution in [2.24, 2.45) is 0 Å². The Labute approximate surface area is 163 Å². The van der Waals surface area contributed by atoms with E-state index in [1.165, 1.54) is 4.90 Å². The van der Waals surface area contributed by atoms with Crippen molar-refractivity contribution >= 4 is 23.6 Å². The molecule has 1 aromatic carbocycles. The maximum atomic E-state index is 12.7. The molecule has 28 heavy (non-hydrogen) atoms. The van der Waals surface area contributed by atoms with Crippen LogP contribution in [-0.2, 0) is 19.1 Å². The summed E-state index contributed by atoms with van der Waals surface area (Å²) in [6.45, 7) is 3.71. The van der Waals surface area contributed by atoms with E-state index in [2.05, 4.69) is 5.32 Å². The van der Waals surface area contributed by atoms with Gasteiger partial charge in [0, 0.05) is 18.5 Å². The maximum Gasteiger partial charge on any atom is 0.326 e. The lowest BCUT2D eigenvalue weighted by molar-refractivity contribution is -0.150. The van der Waals surface area contributed by atoms with Gasteiger partial charge in [0.1, 0.15) is 12.1 Å². The van der Waals surface area contributed by atoms with Gasteiger partial charge in [-0.05, 0) is 26.7 Å². The number of hydrogen-bond acceptors (Lipinski definition) is 6. The standard InChI is InChI=1S/C20H26N2O6/c1-3-28-20(27)15(12-17(23)14-8-5-4-6-9-14)21-13(2)18(24)22-11-7-10-16(22)19(25)26/h4-6,8-9,13,15-16,21H,3,7,10-12H2,1-2H3,(H,25,26)/t13-,15?,16-/m0/s1. The first-order chi connectivity index (χ1) is 13.3. The predicted molar refractivity (Wildman–Crippen MR) is 101 cm³/mol. The van der Waals surface area contributed by atoms with Crippen molar-refractivity contribution in [3.8, 4) is 0 Å². The second-order valence-corrected chi connectivity index (χ2v) is 6.71. The minimum absolute atomic E-state index is 0.145. The van der Waals surface area contributed by atoms with Crippen LogP contribution in [0.3, 0.4) is 0 Å². The third kappa shape index (κ3) is 5.39. The van der Waals surface area contributed by atoms with E-state index in [0.29, 0.717) is 24.9 Å². The van der Waals surface area contributed by atoms with Gasteiger partial charge in [-0.15, -0.1) is 0 Å². The van der Waals surface area contributed by atoms with E-state index in [4.69, 9.17) is 4.74 Å². The molecule has 0 aliphatic carbocycles. The second kappa shape index (κ2) is 9.98. The summed E-state index contributed by atoms with van der Waals surface area (Å²) in [4.78, 5) is 50.1. The van der Waals surface area contributed by atoms with E-state index in [-0.39, 0.29) is 18.8 Å². The molecule has 0 bridgehead atoms. The van der Waals surface area contributed by atoms with Gasteiger partial charge in [-0.2, -0.15) is 0 Å². The van der Waals surface area contributed by atoms with Crippen LogP contribution in [-0.4, -0.2) is 64.9 Å². The lowest BCUT2D eigenvalue weighted by Gasteiger charge is -2.27. The summed E-state index contributed by atoms with van der Waals surface area (Å²) >= 11 is 0. The quantitative estimate of drug-likeness (QED) is 0.482. The number of likely N-dealkylation sites (tertiary alicyclic amines) is 1. The third-order valence-electron chi connectivity index (χ3n) is 4.70. The van der Waals surface area contributed by atoms with E-state index < -0.39 is 36.0 Å². The number of rotatable bonds is 9. The number of nitrogens with one attached hydrogen (secondary N) is 1. The Morgan fingerprint density at radius 3 is 2.54 bits per heavy atom. The van der Waals surface area contributed by atoms with E-state index >= 15 is 0 Å². The van der Waals surface area contributed by atoms with Gasteiger partial charge in [0.15, 0.2) is 5.78 Å². The fourth-order valence-corrected chi connectivity index (χ4v) is 3.29. The van der Waals surface area contributed by atoms with Crippen LogP contribution in [0.1, 0.15) is 43.5 Å². The zero-order valence-electron chi connectivity index (χ0n) is 16.1. The van der Waals surface area contributed by atoms with Crippen molar-refractivity contribution in [2.45, 2.75) is 51.2 Å². The minimum Gasteiger partial charge on any atom is -0.480 e. The average molecular weight is 390 g/mol. The highest BCUT2D eigenvalue weighted by Gasteiger charge is 2.37. The molecular formula is C20H26N2O6. The van der Waals surface area contributed by atoms with Gasteiger partial charge in [0.25, 0.3) is 0 Å². The summed E-state index contributed by atoms with van der Waals surface area (Å²) in [6.07, 6.45) is 0.855. The SMILES string of the molecule is CCOC(=O)C(CC(=O)c1ccccc1)N[C@@H](C)C(=O)N1CCC[C@H]1C(=O)O. The Hall–Kier alpha value is -2.74. The van der Waals surface area contributed by atoms with Gasteiger partial charge in [0.2, 0.25) is 5.91 Å². The Morgan fingerprint density at radius 2 is 1.93 bits per heavy atom. The monoisotopic (exact) mass is 390 g/mol. The molecule has 0 aromatic heterocycles. The van der Waals surface area contributed by atoms with Crippen LogP contribution in [0, 0.1) is 0 Å². The number of carboxylic acids is 1. The fraction of sp³-hybridized carbons (Fsp3) is 0.500. The zero-order valence-corrected chi connectivity index (χ0v) is 16.1. The molecule has 1 fully saturated rings. The Morgan fingerprint density at radius 1 is 1.25 bits per heavy atom. The van der Waals surface area contributed by atoms with E-state index in [1.54, 1.807) is 44.2 Å². The molecule has 1 heterocycles. The lowest BCUT2D eigenvalue weighted by Crippen LogP contribution is -2.53. The third-order valence-corrected chi connectivity index (χ3v) is 4.70. The molecule has 0 spiro atoms. The van der Waals surface area contributed by atoms with E-state index in [1.807, 2.05) is 0 Å². The molecule has 8 heteroatoms. The second-order valence-electron chi connectivity index (χ2n) is 6.71. The molecule has 1 aliphatic rings. The topological polar surface area (TPSA) is 113 Å². The number of carbonyl (C=O) groups excluding carboxylic acids is 3. The first-order valence-corrected chi connectivity index (χ1v) is 9.39. The molecule has 2 N–H and O–H groups in total. The molecule has 1 aliphatic heterocycles. The predicted octanol–water partition coefficient (Wildman–Crippen LogP) is 1.24. The van der Waals surface area contributed by atoms with Gasteiger partial charge < -0.3 is 14.7 Å². The van der Waals surface area contributed by atoms with Crippen LogP contribution in [0.4, 0.5) is 0 Å². The molecule has 1 saturated heterocycles. The van der Waals surface area contributed by atoms with Crippen LogP contribution < -0.4 is 5.32 Å². The molecule has 1 amide bonds.